The first-order valence-corrected chi connectivity index (χ1v) is 9.80. The molecular weight excluding hydrogens is 283 g/mol. The molecule has 0 saturated heterocycles. The van der Waals surface area contributed by atoms with Crippen molar-refractivity contribution < 1.29 is 14.3 Å². The fourth-order valence-corrected chi connectivity index (χ4v) is 2.25. The van der Waals surface area contributed by atoms with E-state index in [9.17, 15) is 0 Å². The van der Waals surface area contributed by atoms with Crippen LogP contribution >= 0.6 is 6.72 Å². The summed E-state index contributed by atoms with van der Waals surface area (Å²) < 4.78 is 4.68. The zero-order valence-corrected chi connectivity index (χ0v) is 13.6. The summed E-state index contributed by atoms with van der Waals surface area (Å²) in [4.78, 5) is 17.6. The van der Waals surface area contributed by atoms with Crippen LogP contribution in [0.3, 0.4) is 0 Å². The van der Waals surface area contributed by atoms with Crippen LogP contribution in [0.15, 0.2) is 0 Å². The molecule has 0 atom stereocenters. The van der Waals surface area contributed by atoms with Gasteiger partial charge in [-0.1, -0.05) is 39.0 Å². The van der Waals surface area contributed by atoms with E-state index in [2.05, 4.69) is 33.9 Å². The first kappa shape index (κ1) is 19.4. The predicted octanol–water partition coefficient (Wildman–Crippen LogP) is 1.75. The van der Waals surface area contributed by atoms with Crippen molar-refractivity contribution in [3.8, 4) is 0 Å². The van der Waals surface area contributed by atoms with Crippen LogP contribution in [0, 0.1) is 0 Å². The van der Waals surface area contributed by atoms with E-state index in [-0.39, 0.29) is 6.61 Å². The average Bonchev–Trinajstić information content (AvgIpc) is 2.34. The maximum Gasteiger partial charge on any atom is 0.321 e. The molecule has 0 amide bonds. The summed E-state index contributed by atoms with van der Waals surface area (Å²) in [6.45, 7) is 2.41. The van der Waals surface area contributed by atoms with Gasteiger partial charge in [0.05, 0.1) is 6.61 Å². The molecule has 5 nitrogen and oxygen atoms in total. The van der Waals surface area contributed by atoms with Crippen molar-refractivity contribution in [2.45, 2.75) is 45.4 Å². The molecule has 0 aliphatic heterocycles. The lowest BCUT2D eigenvalue weighted by Crippen LogP contribution is -2.29. The van der Waals surface area contributed by atoms with Crippen LogP contribution in [0.1, 0.15) is 45.4 Å². The van der Waals surface area contributed by atoms with Crippen LogP contribution in [0.25, 0.3) is 0 Å². The molecule has 0 aliphatic carbocycles. The maximum absolute atomic E-state index is 8.81. The largest absolute Gasteiger partial charge is 0.325 e. The van der Waals surface area contributed by atoms with E-state index in [0.717, 1.165) is 19.6 Å². The van der Waals surface area contributed by atoms with Crippen LogP contribution < -0.4 is 10.6 Å². The Balaban J connectivity index is 3.01. The molecule has 0 aromatic rings. The molecule has 0 heterocycles. The Bertz CT molecular complexity index is 239. The topological polar surface area (TPSA) is 73.8 Å². The van der Waals surface area contributed by atoms with E-state index in [4.69, 9.17) is 9.79 Å². The first-order chi connectivity index (χ1) is 9.06. The van der Waals surface area contributed by atoms with Crippen LogP contribution in [0.4, 0.5) is 0 Å². The van der Waals surface area contributed by atoms with E-state index < -0.39 is 6.72 Å². The SMILES string of the molecule is CCCCCCCCNCCNCCOP(O)(O)=S. The van der Waals surface area contributed by atoms with Gasteiger partial charge in [0, 0.05) is 19.6 Å². The fraction of sp³-hybridized carbons (Fsp3) is 1.00. The molecule has 116 valence electrons. The molecule has 0 radical (unpaired) electrons. The minimum atomic E-state index is -3.47. The summed E-state index contributed by atoms with van der Waals surface area (Å²) in [5.41, 5.74) is 0. The standard InChI is InChI=1S/C12H29N2O3PS/c1-2-3-4-5-6-7-8-13-9-10-14-11-12-17-18(15,16)19/h13-14H,2-12H2,1H3,(H2,15,16,19). The molecule has 0 rings (SSSR count). The van der Waals surface area contributed by atoms with E-state index in [1.807, 2.05) is 0 Å². The summed E-state index contributed by atoms with van der Waals surface area (Å²) in [6.07, 6.45) is 7.92. The molecule has 0 aromatic heterocycles. The normalized spacial score (nSPS) is 11.9. The van der Waals surface area contributed by atoms with Crippen molar-refractivity contribution in [2.75, 3.05) is 32.8 Å². The third-order valence-electron chi connectivity index (χ3n) is 2.72. The molecule has 0 bridgehead atoms. The second kappa shape index (κ2) is 13.4. The Morgan fingerprint density at radius 1 is 0.895 bits per heavy atom. The second-order valence-corrected chi connectivity index (χ2v) is 7.26. The molecule has 19 heavy (non-hydrogen) atoms. The van der Waals surface area contributed by atoms with Crippen LogP contribution in [0.2, 0.25) is 0 Å². The van der Waals surface area contributed by atoms with E-state index in [1.165, 1.54) is 38.5 Å². The van der Waals surface area contributed by atoms with Crippen molar-refractivity contribution in [1.29, 1.82) is 0 Å². The molecule has 0 unspecified atom stereocenters. The minimum Gasteiger partial charge on any atom is -0.325 e. The van der Waals surface area contributed by atoms with Crippen LogP contribution in [0.5, 0.6) is 0 Å². The predicted molar refractivity (Wildman–Crippen MR) is 83.8 cm³/mol. The van der Waals surface area contributed by atoms with Gasteiger partial charge in [0.15, 0.2) is 0 Å². The quantitative estimate of drug-likeness (QED) is 0.289. The molecule has 0 spiro atoms. The van der Waals surface area contributed by atoms with Gasteiger partial charge in [-0.05, 0) is 24.8 Å². The molecule has 0 fully saturated rings. The van der Waals surface area contributed by atoms with Crippen LogP contribution in [-0.4, -0.2) is 42.6 Å². The van der Waals surface area contributed by atoms with Gasteiger partial charge in [0.2, 0.25) is 0 Å². The molecular formula is C12H29N2O3PS. The average molecular weight is 312 g/mol. The molecule has 4 N–H and O–H groups in total. The maximum atomic E-state index is 8.81. The first-order valence-electron chi connectivity index (χ1n) is 7.18. The van der Waals surface area contributed by atoms with Gasteiger partial charge < -0.3 is 24.9 Å². The lowest BCUT2D eigenvalue weighted by Gasteiger charge is -2.09. The van der Waals surface area contributed by atoms with Crippen molar-refractivity contribution in [2.24, 2.45) is 0 Å². The fourth-order valence-electron chi connectivity index (χ4n) is 1.69. The third-order valence-corrected chi connectivity index (χ3v) is 3.56. The Hall–Kier alpha value is 0.450. The van der Waals surface area contributed by atoms with E-state index in [1.54, 1.807) is 0 Å². The zero-order chi connectivity index (χ0) is 14.4. The van der Waals surface area contributed by atoms with Crippen molar-refractivity contribution in [3.05, 3.63) is 0 Å². The Kier molecular flexibility index (Phi) is 13.8. The lowest BCUT2D eigenvalue weighted by atomic mass is 10.1. The number of unbranched alkanes of at least 4 members (excludes halogenated alkanes) is 5. The number of hydrogen-bond donors (Lipinski definition) is 4. The van der Waals surface area contributed by atoms with Gasteiger partial charge in [0.25, 0.3) is 0 Å². The van der Waals surface area contributed by atoms with Crippen molar-refractivity contribution >= 4 is 18.5 Å². The minimum absolute atomic E-state index is 0.238. The van der Waals surface area contributed by atoms with Gasteiger partial charge in [0.1, 0.15) is 0 Å². The highest BCUT2D eigenvalue weighted by molar-refractivity contribution is 8.06. The molecule has 0 aromatic carbocycles. The highest BCUT2D eigenvalue weighted by atomic mass is 32.5. The number of nitrogens with one attached hydrogen (secondary N) is 2. The smallest absolute Gasteiger partial charge is 0.321 e. The Morgan fingerprint density at radius 3 is 2.11 bits per heavy atom. The Morgan fingerprint density at radius 2 is 1.47 bits per heavy atom. The van der Waals surface area contributed by atoms with Crippen molar-refractivity contribution in [3.63, 3.8) is 0 Å². The molecule has 0 saturated carbocycles. The third kappa shape index (κ3) is 18.4. The number of rotatable bonds is 14. The van der Waals surface area contributed by atoms with Crippen LogP contribution in [-0.2, 0) is 16.3 Å². The van der Waals surface area contributed by atoms with Gasteiger partial charge >= 0.3 is 6.72 Å². The molecule has 0 aliphatic rings. The van der Waals surface area contributed by atoms with Crippen molar-refractivity contribution in [1.82, 2.24) is 10.6 Å². The summed E-state index contributed by atoms with van der Waals surface area (Å²) in [5.74, 6) is 0. The summed E-state index contributed by atoms with van der Waals surface area (Å²) >= 11 is 4.33. The van der Waals surface area contributed by atoms with Gasteiger partial charge in [-0.2, -0.15) is 0 Å². The number of hydrogen-bond acceptors (Lipinski definition) is 4. The lowest BCUT2D eigenvalue weighted by molar-refractivity contribution is 0.251. The Labute approximate surface area is 122 Å². The van der Waals surface area contributed by atoms with Gasteiger partial charge in [-0.15, -0.1) is 0 Å². The highest BCUT2D eigenvalue weighted by Gasteiger charge is 2.05. The summed E-state index contributed by atoms with van der Waals surface area (Å²) in [7, 11) is 0. The van der Waals surface area contributed by atoms with Gasteiger partial charge in [-0.3, -0.25) is 0 Å². The monoisotopic (exact) mass is 312 g/mol. The second-order valence-electron chi connectivity index (χ2n) is 4.59. The van der Waals surface area contributed by atoms with Gasteiger partial charge in [-0.25, -0.2) is 0 Å². The summed E-state index contributed by atoms with van der Waals surface area (Å²) in [6, 6.07) is 0. The highest BCUT2D eigenvalue weighted by Crippen LogP contribution is 2.35. The molecule has 7 heteroatoms. The van der Waals surface area contributed by atoms with E-state index >= 15 is 0 Å². The van der Waals surface area contributed by atoms with E-state index in [0.29, 0.717) is 6.54 Å². The summed E-state index contributed by atoms with van der Waals surface area (Å²) in [5, 5.41) is 6.51. The zero-order valence-electron chi connectivity index (χ0n) is 11.9.